The van der Waals surface area contributed by atoms with E-state index in [0.29, 0.717) is 0 Å². The first-order valence-corrected chi connectivity index (χ1v) is 8.09. The number of fused-ring (bicyclic) bond motifs is 1. The molecule has 3 N–H and O–H groups in total. The van der Waals surface area contributed by atoms with Crippen molar-refractivity contribution < 1.29 is 4.79 Å². The molecule has 0 bridgehead atoms. The fraction of sp³-hybridized carbons (Fsp3) is 0.714. The Morgan fingerprint density at radius 3 is 2.68 bits per heavy atom. The molecule has 5 heteroatoms. The van der Waals surface area contributed by atoms with E-state index in [1.54, 1.807) is 11.3 Å². The number of aryl methyl sites for hydroxylation is 2. The van der Waals surface area contributed by atoms with E-state index in [2.05, 4.69) is 10.3 Å². The fourth-order valence-electron chi connectivity index (χ4n) is 2.99. The summed E-state index contributed by atoms with van der Waals surface area (Å²) in [5.41, 5.74) is 7.08. The van der Waals surface area contributed by atoms with Crippen molar-refractivity contribution in [1.82, 2.24) is 4.98 Å². The van der Waals surface area contributed by atoms with Crippen LogP contribution in [0.25, 0.3) is 0 Å². The largest absolute Gasteiger partial charge is 0.328 e. The monoisotopic (exact) mass is 279 g/mol. The summed E-state index contributed by atoms with van der Waals surface area (Å²) in [6.45, 7) is 0. The molecule has 3 rings (SSSR count). The number of hydrogen-bond donors (Lipinski definition) is 2. The number of anilines is 1. The van der Waals surface area contributed by atoms with E-state index in [1.807, 2.05) is 0 Å². The summed E-state index contributed by atoms with van der Waals surface area (Å²) in [5.74, 6) is 0.263. The van der Waals surface area contributed by atoms with E-state index in [0.717, 1.165) is 43.7 Å². The Morgan fingerprint density at radius 1 is 1.21 bits per heavy atom. The zero-order chi connectivity index (χ0) is 13.2. The molecular weight excluding hydrogens is 258 g/mol. The lowest BCUT2D eigenvalue weighted by atomic mass is 9.86. The third-order valence-electron chi connectivity index (χ3n) is 4.22. The average molecular weight is 279 g/mol. The lowest BCUT2D eigenvalue weighted by Gasteiger charge is -2.24. The normalized spacial score (nSPS) is 26.8. The molecule has 1 saturated carbocycles. The Labute approximate surface area is 117 Å². The van der Waals surface area contributed by atoms with Crippen LogP contribution in [0.4, 0.5) is 5.13 Å². The highest BCUT2D eigenvalue weighted by molar-refractivity contribution is 7.15. The first kappa shape index (κ1) is 13.1. The van der Waals surface area contributed by atoms with E-state index in [1.165, 1.54) is 23.4 Å². The van der Waals surface area contributed by atoms with Gasteiger partial charge in [0.25, 0.3) is 0 Å². The van der Waals surface area contributed by atoms with Crippen LogP contribution in [-0.2, 0) is 17.6 Å². The van der Waals surface area contributed by atoms with E-state index < -0.39 is 0 Å². The third-order valence-corrected chi connectivity index (χ3v) is 5.29. The Bertz CT molecular complexity index is 440. The lowest BCUT2D eigenvalue weighted by molar-refractivity contribution is -0.120. The van der Waals surface area contributed by atoms with Crippen molar-refractivity contribution in [3.63, 3.8) is 0 Å². The third kappa shape index (κ3) is 2.98. The van der Waals surface area contributed by atoms with Gasteiger partial charge in [0.2, 0.25) is 5.91 Å². The van der Waals surface area contributed by atoms with Crippen molar-refractivity contribution in [2.75, 3.05) is 5.32 Å². The highest BCUT2D eigenvalue weighted by Crippen LogP contribution is 2.31. The summed E-state index contributed by atoms with van der Waals surface area (Å²) in [6, 6.07) is 0.288. The molecule has 4 nitrogen and oxygen atoms in total. The van der Waals surface area contributed by atoms with Gasteiger partial charge in [-0.3, -0.25) is 4.79 Å². The van der Waals surface area contributed by atoms with Gasteiger partial charge in [0, 0.05) is 16.8 Å². The Morgan fingerprint density at radius 2 is 1.95 bits per heavy atom. The van der Waals surface area contributed by atoms with Crippen LogP contribution in [0, 0.1) is 5.92 Å². The predicted octanol–water partition coefficient (Wildman–Crippen LogP) is 2.48. The number of nitrogens with zero attached hydrogens (tertiary/aromatic N) is 1. The van der Waals surface area contributed by atoms with Crippen molar-refractivity contribution in [3.05, 3.63) is 10.6 Å². The van der Waals surface area contributed by atoms with Crippen LogP contribution in [0.3, 0.4) is 0 Å². The van der Waals surface area contributed by atoms with Gasteiger partial charge >= 0.3 is 0 Å². The molecule has 0 spiro atoms. The number of amides is 1. The molecule has 1 heterocycles. The van der Waals surface area contributed by atoms with Gasteiger partial charge in [0.05, 0.1) is 5.69 Å². The average Bonchev–Trinajstić information content (AvgIpc) is 2.81. The summed E-state index contributed by atoms with van der Waals surface area (Å²) >= 11 is 1.66. The highest BCUT2D eigenvalue weighted by Gasteiger charge is 2.25. The molecule has 2 aliphatic carbocycles. The number of nitrogens with two attached hydrogens (primary N) is 1. The minimum Gasteiger partial charge on any atom is -0.328 e. The molecule has 0 saturated heterocycles. The van der Waals surface area contributed by atoms with E-state index in [9.17, 15) is 4.79 Å². The molecule has 0 atom stereocenters. The van der Waals surface area contributed by atoms with Gasteiger partial charge in [-0.1, -0.05) is 0 Å². The molecule has 1 aromatic heterocycles. The molecule has 1 fully saturated rings. The van der Waals surface area contributed by atoms with Gasteiger partial charge in [-0.15, -0.1) is 11.3 Å². The summed E-state index contributed by atoms with van der Waals surface area (Å²) in [4.78, 5) is 18.1. The van der Waals surface area contributed by atoms with Crippen LogP contribution in [0.15, 0.2) is 0 Å². The quantitative estimate of drug-likeness (QED) is 0.874. The number of rotatable bonds is 2. The van der Waals surface area contributed by atoms with Gasteiger partial charge in [-0.05, 0) is 51.4 Å². The van der Waals surface area contributed by atoms with Crippen LogP contribution in [0.2, 0.25) is 0 Å². The molecule has 1 aromatic rings. The highest BCUT2D eigenvalue weighted by atomic mass is 32.1. The maximum absolute atomic E-state index is 12.2. The van der Waals surface area contributed by atoms with Crippen molar-refractivity contribution in [1.29, 1.82) is 0 Å². The molecule has 0 aliphatic heterocycles. The maximum Gasteiger partial charge on any atom is 0.229 e. The van der Waals surface area contributed by atoms with Gasteiger partial charge in [0.15, 0.2) is 5.13 Å². The van der Waals surface area contributed by atoms with Gasteiger partial charge in [-0.2, -0.15) is 0 Å². The first-order valence-electron chi connectivity index (χ1n) is 7.27. The van der Waals surface area contributed by atoms with Crippen molar-refractivity contribution in [2.45, 2.75) is 57.4 Å². The standard InChI is InChI=1S/C14H21N3OS/c15-10-7-5-9(6-8-10)13(18)17-14-16-11-3-1-2-4-12(11)19-14/h9-10H,1-8,15H2,(H,16,17,18). The van der Waals surface area contributed by atoms with Crippen LogP contribution >= 0.6 is 11.3 Å². The maximum atomic E-state index is 12.2. The van der Waals surface area contributed by atoms with Crippen LogP contribution in [0.1, 0.15) is 49.1 Å². The molecule has 104 valence electrons. The Balaban J connectivity index is 1.61. The van der Waals surface area contributed by atoms with Crippen molar-refractivity contribution in [2.24, 2.45) is 11.7 Å². The van der Waals surface area contributed by atoms with Crippen molar-refractivity contribution >= 4 is 22.4 Å². The summed E-state index contributed by atoms with van der Waals surface area (Å²) in [6.07, 6.45) is 8.43. The summed E-state index contributed by atoms with van der Waals surface area (Å²) in [5, 5.41) is 3.81. The minimum absolute atomic E-state index is 0.126. The fourth-order valence-corrected chi connectivity index (χ4v) is 4.05. The second-order valence-electron chi connectivity index (χ2n) is 5.70. The zero-order valence-electron chi connectivity index (χ0n) is 11.2. The van der Waals surface area contributed by atoms with Gasteiger partial charge in [0.1, 0.15) is 0 Å². The van der Waals surface area contributed by atoms with Crippen molar-refractivity contribution in [3.8, 4) is 0 Å². The molecule has 0 radical (unpaired) electrons. The molecule has 1 amide bonds. The SMILES string of the molecule is NC1CCC(C(=O)Nc2nc3c(s2)CCCC3)CC1. The number of aromatic nitrogens is 1. The van der Waals surface area contributed by atoms with Gasteiger partial charge in [-0.25, -0.2) is 4.98 Å². The molecule has 2 aliphatic rings. The minimum atomic E-state index is 0.126. The number of carbonyl (C=O) groups is 1. The predicted molar refractivity (Wildman–Crippen MR) is 77.3 cm³/mol. The number of nitrogens with one attached hydrogen (secondary N) is 1. The molecule has 19 heavy (non-hydrogen) atoms. The molecule has 0 unspecified atom stereocenters. The Hall–Kier alpha value is -0.940. The van der Waals surface area contributed by atoms with Crippen LogP contribution < -0.4 is 11.1 Å². The summed E-state index contributed by atoms with van der Waals surface area (Å²) < 4.78 is 0. The zero-order valence-corrected chi connectivity index (χ0v) is 12.0. The first-order chi connectivity index (χ1) is 9.22. The second-order valence-corrected chi connectivity index (χ2v) is 6.78. The number of thiazole rings is 1. The second kappa shape index (κ2) is 5.59. The van der Waals surface area contributed by atoms with Gasteiger partial charge < -0.3 is 11.1 Å². The molecule has 0 aromatic carbocycles. The van der Waals surface area contributed by atoms with Crippen LogP contribution in [-0.4, -0.2) is 16.9 Å². The van der Waals surface area contributed by atoms with Crippen LogP contribution in [0.5, 0.6) is 0 Å². The number of carbonyl (C=O) groups excluding carboxylic acids is 1. The Kier molecular flexibility index (Phi) is 3.84. The summed E-state index contributed by atoms with van der Waals surface area (Å²) in [7, 11) is 0. The number of hydrogen-bond acceptors (Lipinski definition) is 4. The molecular formula is C14H21N3OS. The van der Waals surface area contributed by atoms with E-state index in [4.69, 9.17) is 5.73 Å². The van der Waals surface area contributed by atoms with E-state index in [-0.39, 0.29) is 17.9 Å². The smallest absolute Gasteiger partial charge is 0.229 e. The lowest BCUT2D eigenvalue weighted by Crippen LogP contribution is -2.32. The topological polar surface area (TPSA) is 68.0 Å². The van der Waals surface area contributed by atoms with E-state index >= 15 is 0 Å².